The van der Waals surface area contributed by atoms with Crippen molar-refractivity contribution in [2.75, 3.05) is 37.8 Å². The number of rotatable bonds is 11. The van der Waals surface area contributed by atoms with Crippen molar-refractivity contribution in [1.82, 2.24) is 25.7 Å². The van der Waals surface area contributed by atoms with Gasteiger partial charge in [-0.2, -0.15) is 16.3 Å². The molecule has 0 radical (unpaired) electrons. The number of morpholine rings is 1. The number of sulfone groups is 1. The van der Waals surface area contributed by atoms with Crippen molar-refractivity contribution in [3.8, 4) is 11.4 Å². The number of hydrogen-bond donors (Lipinski definition) is 2. The molecule has 0 unspecified atom stereocenters. The zero-order valence-electron chi connectivity index (χ0n) is 20.4. The van der Waals surface area contributed by atoms with E-state index in [1.54, 1.807) is 32.2 Å². The second-order valence-electron chi connectivity index (χ2n) is 8.84. The molecule has 3 rings (SSSR count). The van der Waals surface area contributed by atoms with E-state index >= 15 is 0 Å². The SMILES string of the molecule is CC[C@@H](NC(=O)[C@H](CS(=O)(=O)CC(C)C)NC(=O)N1CCOCC1)C(=O)c1nc(-c2ccsc2)no1. The van der Waals surface area contributed by atoms with Crippen LogP contribution in [0, 0.1) is 5.92 Å². The average molecular weight is 542 g/mol. The monoisotopic (exact) mass is 541 g/mol. The number of thiophene rings is 1. The molecule has 2 aromatic heterocycles. The zero-order chi connectivity index (χ0) is 26.3. The Balaban J connectivity index is 1.74. The van der Waals surface area contributed by atoms with Gasteiger partial charge in [0, 0.05) is 24.0 Å². The van der Waals surface area contributed by atoms with Crippen molar-refractivity contribution in [2.45, 2.75) is 39.3 Å². The molecular formula is C22H31N5O7S2. The molecule has 0 saturated carbocycles. The smallest absolute Gasteiger partial charge is 0.318 e. The van der Waals surface area contributed by atoms with E-state index in [1.807, 2.05) is 5.38 Å². The highest BCUT2D eigenvalue weighted by Crippen LogP contribution is 2.19. The molecule has 2 aromatic rings. The van der Waals surface area contributed by atoms with E-state index in [9.17, 15) is 22.8 Å². The van der Waals surface area contributed by atoms with Crippen molar-refractivity contribution < 1.29 is 32.1 Å². The molecular weight excluding hydrogens is 510 g/mol. The molecule has 1 fully saturated rings. The Kier molecular flexibility index (Phi) is 9.56. The minimum Gasteiger partial charge on any atom is -0.378 e. The van der Waals surface area contributed by atoms with Crippen LogP contribution in [0.25, 0.3) is 11.4 Å². The molecule has 36 heavy (non-hydrogen) atoms. The molecule has 2 atom stereocenters. The molecule has 3 amide bonds. The molecule has 0 spiro atoms. The summed E-state index contributed by atoms with van der Waals surface area (Å²) in [7, 11) is -3.68. The number of amides is 3. The van der Waals surface area contributed by atoms with E-state index in [4.69, 9.17) is 9.26 Å². The Hall–Kier alpha value is -2.84. The predicted octanol–water partition coefficient (Wildman–Crippen LogP) is 1.36. The lowest BCUT2D eigenvalue weighted by atomic mass is 10.1. The van der Waals surface area contributed by atoms with E-state index in [0.717, 1.165) is 0 Å². The topological polar surface area (TPSA) is 161 Å². The predicted molar refractivity (Wildman–Crippen MR) is 132 cm³/mol. The number of Topliss-reactive ketones (excluding diaryl/α,β-unsaturated/α-hetero) is 1. The van der Waals surface area contributed by atoms with Gasteiger partial charge in [0.25, 0.3) is 5.89 Å². The first-order valence-corrected chi connectivity index (χ1v) is 14.4. The van der Waals surface area contributed by atoms with Crippen LogP contribution in [0.4, 0.5) is 4.79 Å². The summed E-state index contributed by atoms with van der Waals surface area (Å²) in [6.45, 7) is 6.51. The van der Waals surface area contributed by atoms with Gasteiger partial charge in [-0.05, 0) is 23.8 Å². The number of urea groups is 1. The van der Waals surface area contributed by atoms with Gasteiger partial charge in [-0.15, -0.1) is 0 Å². The van der Waals surface area contributed by atoms with Crippen LogP contribution in [0.2, 0.25) is 0 Å². The second-order valence-corrected chi connectivity index (χ2v) is 11.8. The summed E-state index contributed by atoms with van der Waals surface area (Å²) in [5, 5.41) is 12.5. The number of ketones is 1. The third-order valence-corrected chi connectivity index (χ3v) is 8.08. The third-order valence-electron chi connectivity index (χ3n) is 5.38. The molecule has 0 aromatic carbocycles. The Morgan fingerprint density at radius 1 is 1.14 bits per heavy atom. The normalized spacial score (nSPS) is 15.9. The molecule has 1 saturated heterocycles. The van der Waals surface area contributed by atoms with Gasteiger partial charge in [0.2, 0.25) is 17.5 Å². The number of aromatic nitrogens is 2. The van der Waals surface area contributed by atoms with Gasteiger partial charge in [-0.25, -0.2) is 13.2 Å². The molecule has 198 valence electrons. The van der Waals surface area contributed by atoms with Crippen LogP contribution in [-0.4, -0.2) is 91.1 Å². The van der Waals surface area contributed by atoms with E-state index in [-0.39, 0.29) is 29.8 Å². The van der Waals surface area contributed by atoms with Crippen molar-refractivity contribution >= 4 is 38.9 Å². The minimum atomic E-state index is -3.68. The number of nitrogens with one attached hydrogen (secondary N) is 2. The Morgan fingerprint density at radius 2 is 1.86 bits per heavy atom. The maximum atomic E-state index is 13.2. The second kappa shape index (κ2) is 12.4. The fourth-order valence-electron chi connectivity index (χ4n) is 3.63. The maximum Gasteiger partial charge on any atom is 0.318 e. The Labute approximate surface area is 213 Å². The highest BCUT2D eigenvalue weighted by molar-refractivity contribution is 7.91. The molecule has 0 bridgehead atoms. The molecule has 3 heterocycles. The van der Waals surface area contributed by atoms with Crippen molar-refractivity contribution in [3.63, 3.8) is 0 Å². The average Bonchev–Trinajstić information content (AvgIpc) is 3.53. The highest BCUT2D eigenvalue weighted by atomic mass is 32.2. The Morgan fingerprint density at radius 3 is 2.47 bits per heavy atom. The Bertz CT molecular complexity index is 1140. The maximum absolute atomic E-state index is 13.2. The fraction of sp³-hybridized carbons (Fsp3) is 0.591. The first-order chi connectivity index (χ1) is 17.1. The van der Waals surface area contributed by atoms with Gasteiger partial charge in [-0.3, -0.25) is 9.59 Å². The van der Waals surface area contributed by atoms with E-state index in [1.165, 1.54) is 16.2 Å². The van der Waals surface area contributed by atoms with Gasteiger partial charge < -0.3 is 24.8 Å². The number of carbonyl (C=O) groups excluding carboxylic acids is 3. The van der Waals surface area contributed by atoms with Crippen LogP contribution in [0.3, 0.4) is 0 Å². The largest absolute Gasteiger partial charge is 0.378 e. The van der Waals surface area contributed by atoms with Crippen molar-refractivity contribution in [2.24, 2.45) is 5.92 Å². The minimum absolute atomic E-state index is 0.145. The summed E-state index contributed by atoms with van der Waals surface area (Å²) in [6.07, 6.45) is 0.184. The summed E-state index contributed by atoms with van der Waals surface area (Å²) >= 11 is 1.44. The van der Waals surface area contributed by atoms with Gasteiger partial charge in [0.05, 0.1) is 30.8 Å². The highest BCUT2D eigenvalue weighted by Gasteiger charge is 2.33. The first kappa shape index (κ1) is 27.7. The van der Waals surface area contributed by atoms with Crippen LogP contribution in [0.1, 0.15) is 37.9 Å². The van der Waals surface area contributed by atoms with Crippen molar-refractivity contribution in [3.05, 3.63) is 22.7 Å². The zero-order valence-corrected chi connectivity index (χ0v) is 22.1. The number of ether oxygens (including phenoxy) is 1. The van der Waals surface area contributed by atoms with Crippen LogP contribution in [0.5, 0.6) is 0 Å². The molecule has 12 nitrogen and oxygen atoms in total. The van der Waals surface area contributed by atoms with Gasteiger partial charge in [0.1, 0.15) is 6.04 Å². The molecule has 1 aliphatic rings. The van der Waals surface area contributed by atoms with Crippen molar-refractivity contribution in [1.29, 1.82) is 0 Å². The summed E-state index contributed by atoms with van der Waals surface area (Å²) < 4.78 is 35.7. The van der Waals surface area contributed by atoms with Crippen LogP contribution >= 0.6 is 11.3 Å². The summed E-state index contributed by atoms with van der Waals surface area (Å²) in [4.78, 5) is 44.5. The lowest BCUT2D eigenvalue weighted by molar-refractivity contribution is -0.123. The molecule has 2 N–H and O–H groups in total. The summed E-state index contributed by atoms with van der Waals surface area (Å²) in [5.74, 6) is -2.33. The standard InChI is InChI=1S/C22H31N5O7S2/c1-4-16(18(28)21-25-19(26-34-21)15-5-10-35-11-15)23-20(29)17(13-36(31,32)12-14(2)3)24-22(30)27-6-8-33-9-7-27/h5,10-11,14,16-17H,4,6-9,12-13H2,1-3H3,(H,23,29)(H,24,30)/t16-,17+/m1/s1. The van der Waals surface area contributed by atoms with Crippen LogP contribution in [0.15, 0.2) is 21.3 Å². The number of nitrogens with zero attached hydrogens (tertiary/aromatic N) is 3. The number of carbonyl (C=O) groups is 3. The quantitative estimate of drug-likeness (QED) is 0.400. The van der Waals surface area contributed by atoms with E-state index in [2.05, 4.69) is 20.8 Å². The van der Waals surface area contributed by atoms with E-state index in [0.29, 0.717) is 31.9 Å². The molecule has 0 aliphatic carbocycles. The lowest BCUT2D eigenvalue weighted by Crippen LogP contribution is -2.57. The van der Waals surface area contributed by atoms with Crippen LogP contribution in [-0.2, 0) is 19.4 Å². The number of hydrogen-bond acceptors (Lipinski definition) is 10. The van der Waals surface area contributed by atoms with Gasteiger partial charge >= 0.3 is 6.03 Å². The van der Waals surface area contributed by atoms with Gasteiger partial charge in [0.15, 0.2) is 9.84 Å². The summed E-state index contributed by atoms with van der Waals surface area (Å²) in [6, 6.07) is -1.24. The van der Waals surface area contributed by atoms with E-state index < -0.39 is 45.4 Å². The first-order valence-electron chi connectivity index (χ1n) is 11.6. The molecule has 14 heteroatoms. The molecule has 1 aliphatic heterocycles. The lowest BCUT2D eigenvalue weighted by Gasteiger charge is -2.29. The van der Waals surface area contributed by atoms with Gasteiger partial charge in [-0.1, -0.05) is 25.9 Å². The fourth-order valence-corrected chi connectivity index (χ4v) is 6.16. The third kappa shape index (κ3) is 7.58. The van der Waals surface area contributed by atoms with Crippen LogP contribution < -0.4 is 10.6 Å². The summed E-state index contributed by atoms with van der Waals surface area (Å²) in [5.41, 5.74) is 0.695.